The van der Waals surface area contributed by atoms with Crippen molar-refractivity contribution in [1.29, 1.82) is 0 Å². The fourth-order valence-electron chi connectivity index (χ4n) is 3.65. The Morgan fingerprint density at radius 3 is 2.69 bits per heavy atom. The quantitative estimate of drug-likeness (QED) is 0.545. The monoisotopic (exact) mass is 390 g/mol. The van der Waals surface area contributed by atoms with Gasteiger partial charge in [0.25, 0.3) is 5.56 Å². The van der Waals surface area contributed by atoms with Gasteiger partial charge in [0.1, 0.15) is 11.1 Å². The second kappa shape index (κ2) is 7.52. The number of hydrogen-bond acceptors (Lipinski definition) is 5. The van der Waals surface area contributed by atoms with Gasteiger partial charge in [0.05, 0.1) is 17.6 Å². The molecule has 0 aliphatic heterocycles. The Balaban J connectivity index is 1.47. The van der Waals surface area contributed by atoms with E-state index in [0.29, 0.717) is 28.8 Å². The second-order valence-corrected chi connectivity index (χ2v) is 7.28. The van der Waals surface area contributed by atoms with Crippen molar-refractivity contribution in [1.82, 2.24) is 15.1 Å². The van der Waals surface area contributed by atoms with Gasteiger partial charge >= 0.3 is 0 Å². The van der Waals surface area contributed by atoms with Gasteiger partial charge in [-0.05, 0) is 43.3 Å². The Morgan fingerprint density at radius 2 is 1.90 bits per heavy atom. The number of benzene rings is 2. The molecular weight excluding hydrogens is 368 g/mol. The predicted molar refractivity (Wildman–Crippen MR) is 113 cm³/mol. The highest BCUT2D eigenvalue weighted by molar-refractivity contribution is 6.01. The molecule has 0 bridgehead atoms. The molecule has 4 rings (SSSR count). The summed E-state index contributed by atoms with van der Waals surface area (Å²) in [7, 11) is 1.88. The van der Waals surface area contributed by atoms with E-state index in [0.717, 1.165) is 5.56 Å². The number of hydrogen-bond donors (Lipinski definition) is 2. The second-order valence-electron chi connectivity index (χ2n) is 7.28. The number of carbonyl (C=O) groups is 1. The molecule has 0 aliphatic carbocycles. The molecule has 0 fully saturated rings. The van der Waals surface area contributed by atoms with Crippen LogP contribution in [0.4, 0.5) is 5.88 Å². The van der Waals surface area contributed by atoms with Crippen LogP contribution in [0.3, 0.4) is 0 Å². The van der Waals surface area contributed by atoms with Crippen LogP contribution in [0.5, 0.6) is 0 Å². The molecule has 2 heterocycles. The van der Waals surface area contributed by atoms with E-state index in [1.807, 2.05) is 24.1 Å². The number of aryl methyl sites for hydroxylation is 2. The predicted octanol–water partition coefficient (Wildman–Crippen LogP) is 3.36. The van der Waals surface area contributed by atoms with Gasteiger partial charge in [-0.25, -0.2) is 5.10 Å². The molecule has 0 atom stereocenters. The summed E-state index contributed by atoms with van der Waals surface area (Å²) < 4.78 is 5.63. The number of amides is 1. The first-order chi connectivity index (χ1) is 13.9. The van der Waals surface area contributed by atoms with Crippen molar-refractivity contribution in [2.24, 2.45) is 0 Å². The van der Waals surface area contributed by atoms with Gasteiger partial charge in [0, 0.05) is 6.54 Å². The number of rotatable bonds is 5. The minimum atomic E-state index is -0.387. The molecule has 1 amide bonds. The van der Waals surface area contributed by atoms with Gasteiger partial charge in [-0.1, -0.05) is 36.4 Å². The van der Waals surface area contributed by atoms with Crippen LogP contribution in [-0.2, 0) is 11.3 Å². The number of furan rings is 1. The average Bonchev–Trinajstić information content (AvgIpc) is 3.01. The molecule has 2 aromatic carbocycles. The Bertz CT molecular complexity index is 1270. The number of likely N-dealkylation sites (N-methyl/N-ethyl adjacent to an activating group) is 1. The molecular formula is C22H22N4O3. The van der Waals surface area contributed by atoms with Crippen molar-refractivity contribution in [3.8, 4) is 0 Å². The van der Waals surface area contributed by atoms with Crippen molar-refractivity contribution in [3.05, 3.63) is 69.8 Å². The molecule has 4 aromatic rings. The third-order valence-electron chi connectivity index (χ3n) is 4.93. The number of aromatic nitrogens is 2. The fraction of sp³-hybridized carbons (Fsp3) is 0.227. The molecule has 7 nitrogen and oxygen atoms in total. The van der Waals surface area contributed by atoms with Gasteiger partial charge in [-0.15, -0.1) is 0 Å². The molecule has 2 aromatic heterocycles. The van der Waals surface area contributed by atoms with Crippen LogP contribution in [0.1, 0.15) is 17.0 Å². The van der Waals surface area contributed by atoms with Gasteiger partial charge in [0.2, 0.25) is 11.8 Å². The average molecular weight is 390 g/mol. The van der Waals surface area contributed by atoms with Crippen LogP contribution < -0.4 is 10.9 Å². The molecule has 0 aliphatic rings. The van der Waals surface area contributed by atoms with E-state index in [4.69, 9.17) is 4.42 Å². The lowest BCUT2D eigenvalue weighted by atomic mass is 10.1. The van der Waals surface area contributed by atoms with Crippen LogP contribution in [0, 0.1) is 13.8 Å². The van der Waals surface area contributed by atoms with Crippen LogP contribution in [0.15, 0.2) is 51.7 Å². The third kappa shape index (κ3) is 3.77. The molecule has 148 valence electrons. The smallest absolute Gasteiger partial charge is 0.277 e. The Kier molecular flexibility index (Phi) is 4.90. The van der Waals surface area contributed by atoms with Crippen molar-refractivity contribution < 1.29 is 9.21 Å². The highest BCUT2D eigenvalue weighted by Crippen LogP contribution is 2.28. The van der Waals surface area contributed by atoms with E-state index in [-0.39, 0.29) is 23.9 Å². The first-order valence-corrected chi connectivity index (χ1v) is 9.37. The Morgan fingerprint density at radius 1 is 1.14 bits per heavy atom. The lowest BCUT2D eigenvalue weighted by Gasteiger charge is -2.16. The van der Waals surface area contributed by atoms with Crippen molar-refractivity contribution >= 4 is 33.3 Å². The number of H-pyrrole nitrogens is 1. The van der Waals surface area contributed by atoms with Crippen molar-refractivity contribution in [3.63, 3.8) is 0 Å². The van der Waals surface area contributed by atoms with E-state index >= 15 is 0 Å². The van der Waals surface area contributed by atoms with E-state index in [1.165, 1.54) is 10.8 Å². The Labute approximate surface area is 167 Å². The summed E-state index contributed by atoms with van der Waals surface area (Å²) in [6, 6.07) is 14.4. The summed E-state index contributed by atoms with van der Waals surface area (Å²) in [5, 5.41) is 12.4. The highest BCUT2D eigenvalue weighted by Gasteiger charge is 2.19. The van der Waals surface area contributed by atoms with Gasteiger partial charge in [-0.2, -0.15) is 5.10 Å². The van der Waals surface area contributed by atoms with Crippen LogP contribution in [0.25, 0.3) is 21.5 Å². The molecule has 0 saturated carbocycles. The fourth-order valence-corrected chi connectivity index (χ4v) is 3.65. The number of nitrogens with zero attached hydrogens (tertiary/aromatic N) is 2. The summed E-state index contributed by atoms with van der Waals surface area (Å²) in [5.41, 5.74) is 1.38. The third-order valence-corrected chi connectivity index (χ3v) is 4.93. The van der Waals surface area contributed by atoms with Crippen molar-refractivity contribution in [2.45, 2.75) is 20.4 Å². The first kappa shape index (κ1) is 18.9. The lowest BCUT2D eigenvalue weighted by Crippen LogP contribution is -2.30. The molecule has 2 N–H and O–H groups in total. The number of aromatic amines is 1. The van der Waals surface area contributed by atoms with Gasteiger partial charge in [-0.3, -0.25) is 19.8 Å². The summed E-state index contributed by atoms with van der Waals surface area (Å²) in [6.07, 6.45) is 0. The molecule has 0 unspecified atom stereocenters. The zero-order valence-corrected chi connectivity index (χ0v) is 16.6. The number of anilines is 1. The summed E-state index contributed by atoms with van der Waals surface area (Å²) in [4.78, 5) is 26.6. The summed E-state index contributed by atoms with van der Waals surface area (Å²) in [6.45, 7) is 4.32. The molecule has 0 spiro atoms. The maximum Gasteiger partial charge on any atom is 0.277 e. The summed E-state index contributed by atoms with van der Waals surface area (Å²) in [5.74, 6) is 0.460. The highest BCUT2D eigenvalue weighted by atomic mass is 16.4. The normalized spacial score (nSPS) is 11.4. The van der Waals surface area contributed by atoms with Crippen LogP contribution in [0.2, 0.25) is 0 Å². The van der Waals surface area contributed by atoms with E-state index in [9.17, 15) is 9.59 Å². The Hall–Kier alpha value is -3.45. The largest absolute Gasteiger partial charge is 0.444 e. The maximum atomic E-state index is 12.5. The van der Waals surface area contributed by atoms with E-state index in [1.54, 1.807) is 13.8 Å². The number of nitrogens with one attached hydrogen (secondary N) is 2. The van der Waals surface area contributed by atoms with E-state index in [2.05, 4.69) is 45.8 Å². The van der Waals surface area contributed by atoms with E-state index < -0.39 is 0 Å². The lowest BCUT2D eigenvalue weighted by molar-refractivity contribution is -0.117. The summed E-state index contributed by atoms with van der Waals surface area (Å²) >= 11 is 0. The van der Waals surface area contributed by atoms with Gasteiger partial charge < -0.3 is 4.42 Å². The zero-order valence-electron chi connectivity index (χ0n) is 16.6. The minimum Gasteiger partial charge on any atom is -0.444 e. The molecule has 0 saturated heterocycles. The molecule has 7 heteroatoms. The zero-order chi connectivity index (χ0) is 20.5. The SMILES string of the molecule is Cc1n[nH]c(=O)c2c(NC(=O)CN(C)Cc3ccc4ccccc4c3)oc(C)c12. The van der Waals surface area contributed by atoms with Gasteiger partial charge in [0.15, 0.2) is 0 Å². The van der Waals surface area contributed by atoms with Crippen molar-refractivity contribution in [2.75, 3.05) is 18.9 Å². The number of fused-ring (bicyclic) bond motifs is 2. The number of carbonyl (C=O) groups excluding carboxylic acids is 1. The maximum absolute atomic E-state index is 12.5. The minimum absolute atomic E-state index is 0.161. The molecule has 0 radical (unpaired) electrons. The van der Waals surface area contributed by atoms with Crippen LogP contribution in [-0.4, -0.2) is 34.6 Å². The standard InChI is InChI=1S/C22H22N4O3/c1-13-19-14(2)29-22(20(19)21(28)25-24-13)23-18(27)12-26(3)11-15-8-9-16-6-4-5-7-17(16)10-15/h4-10H,11-12H2,1-3H3,(H,23,27)(H,25,28). The topological polar surface area (TPSA) is 91.2 Å². The first-order valence-electron chi connectivity index (χ1n) is 9.37. The molecule has 29 heavy (non-hydrogen) atoms. The van der Waals surface area contributed by atoms with Crippen LogP contribution >= 0.6 is 0 Å².